The first-order valence-electron chi connectivity index (χ1n) is 6.18. The number of aryl methyl sites for hydroxylation is 1. The third kappa shape index (κ3) is 1.82. The van der Waals surface area contributed by atoms with Gasteiger partial charge in [-0.1, -0.05) is 42.5 Å². The lowest BCUT2D eigenvalue weighted by Gasteiger charge is -2.12. The standard InChI is InChI=1S/C17H14O2/c1-11-9-10-14(13-6-3-2-5-12(11)13)17-15(18)7-4-8-16(17)19/h2-10,18-19H,1H3. The van der Waals surface area contributed by atoms with Crippen molar-refractivity contribution in [3.8, 4) is 22.6 Å². The van der Waals surface area contributed by atoms with Crippen LogP contribution < -0.4 is 0 Å². The molecule has 3 rings (SSSR count). The average molecular weight is 250 g/mol. The van der Waals surface area contributed by atoms with Gasteiger partial charge in [-0.05, 0) is 41.0 Å². The van der Waals surface area contributed by atoms with Crippen molar-refractivity contribution in [2.45, 2.75) is 6.92 Å². The fourth-order valence-electron chi connectivity index (χ4n) is 2.47. The Labute approximate surface area is 111 Å². The maximum absolute atomic E-state index is 10.0. The van der Waals surface area contributed by atoms with Gasteiger partial charge in [-0.15, -0.1) is 0 Å². The minimum atomic E-state index is 0.0917. The van der Waals surface area contributed by atoms with Gasteiger partial charge in [0.05, 0.1) is 5.56 Å². The van der Waals surface area contributed by atoms with Gasteiger partial charge in [-0.2, -0.15) is 0 Å². The van der Waals surface area contributed by atoms with Gasteiger partial charge in [0.1, 0.15) is 11.5 Å². The van der Waals surface area contributed by atoms with E-state index in [1.807, 2.05) is 36.4 Å². The zero-order valence-electron chi connectivity index (χ0n) is 10.6. The van der Waals surface area contributed by atoms with Crippen LogP contribution in [0.4, 0.5) is 0 Å². The molecule has 0 aliphatic carbocycles. The zero-order valence-corrected chi connectivity index (χ0v) is 10.6. The molecule has 2 nitrogen and oxygen atoms in total. The van der Waals surface area contributed by atoms with Crippen LogP contribution in [0.5, 0.6) is 11.5 Å². The highest BCUT2D eigenvalue weighted by Crippen LogP contribution is 2.40. The summed E-state index contributed by atoms with van der Waals surface area (Å²) in [5, 5.41) is 22.2. The van der Waals surface area contributed by atoms with E-state index in [1.165, 1.54) is 5.56 Å². The largest absolute Gasteiger partial charge is 0.507 e. The number of aromatic hydroxyl groups is 2. The second-order valence-electron chi connectivity index (χ2n) is 4.65. The van der Waals surface area contributed by atoms with Gasteiger partial charge >= 0.3 is 0 Å². The summed E-state index contributed by atoms with van der Waals surface area (Å²) in [6, 6.07) is 16.7. The molecule has 0 aromatic heterocycles. The van der Waals surface area contributed by atoms with Crippen molar-refractivity contribution in [3.05, 3.63) is 60.2 Å². The third-order valence-electron chi connectivity index (χ3n) is 3.43. The van der Waals surface area contributed by atoms with Gasteiger partial charge in [0.25, 0.3) is 0 Å². The number of hydrogen-bond donors (Lipinski definition) is 2. The molecule has 3 aromatic rings. The third-order valence-corrected chi connectivity index (χ3v) is 3.43. The smallest absolute Gasteiger partial charge is 0.127 e. The van der Waals surface area contributed by atoms with Crippen molar-refractivity contribution in [1.82, 2.24) is 0 Å². The molecule has 0 fully saturated rings. The summed E-state index contributed by atoms with van der Waals surface area (Å²) in [7, 11) is 0. The first-order chi connectivity index (χ1) is 9.18. The fraction of sp³-hybridized carbons (Fsp3) is 0.0588. The molecule has 0 saturated heterocycles. The molecule has 0 aliphatic heterocycles. The van der Waals surface area contributed by atoms with Gasteiger partial charge in [0.2, 0.25) is 0 Å². The molecule has 0 bridgehead atoms. The first-order valence-corrected chi connectivity index (χ1v) is 6.18. The van der Waals surface area contributed by atoms with E-state index in [-0.39, 0.29) is 11.5 Å². The summed E-state index contributed by atoms with van der Waals surface area (Å²) in [6.07, 6.45) is 0. The lowest BCUT2D eigenvalue weighted by molar-refractivity contribution is 0.454. The van der Waals surface area contributed by atoms with Crippen LogP contribution in [-0.4, -0.2) is 10.2 Å². The number of fused-ring (bicyclic) bond motifs is 1. The normalized spacial score (nSPS) is 10.8. The monoisotopic (exact) mass is 250 g/mol. The molecule has 0 aliphatic rings. The molecule has 3 aromatic carbocycles. The second kappa shape index (κ2) is 4.32. The lowest BCUT2D eigenvalue weighted by Crippen LogP contribution is -1.85. The van der Waals surface area contributed by atoms with E-state index in [9.17, 15) is 10.2 Å². The van der Waals surface area contributed by atoms with E-state index in [0.717, 1.165) is 16.3 Å². The van der Waals surface area contributed by atoms with Crippen molar-refractivity contribution in [2.75, 3.05) is 0 Å². The van der Waals surface area contributed by atoms with Gasteiger partial charge < -0.3 is 10.2 Å². The minimum Gasteiger partial charge on any atom is -0.507 e. The van der Waals surface area contributed by atoms with Crippen LogP contribution in [-0.2, 0) is 0 Å². The van der Waals surface area contributed by atoms with E-state index in [1.54, 1.807) is 18.2 Å². The quantitative estimate of drug-likeness (QED) is 0.678. The Kier molecular flexibility index (Phi) is 2.64. The molecule has 0 atom stereocenters. The summed E-state index contributed by atoms with van der Waals surface area (Å²) in [6.45, 7) is 2.05. The van der Waals surface area contributed by atoms with E-state index in [2.05, 4.69) is 6.92 Å². The predicted molar refractivity (Wildman–Crippen MR) is 77.5 cm³/mol. The molecular weight excluding hydrogens is 236 g/mol. The van der Waals surface area contributed by atoms with E-state index >= 15 is 0 Å². The SMILES string of the molecule is Cc1ccc(-c2c(O)cccc2O)c2ccccc12. The van der Waals surface area contributed by atoms with Crippen LogP contribution in [0.25, 0.3) is 21.9 Å². The van der Waals surface area contributed by atoms with Gasteiger partial charge in [-0.25, -0.2) is 0 Å². The van der Waals surface area contributed by atoms with Gasteiger partial charge in [0.15, 0.2) is 0 Å². The maximum atomic E-state index is 10.0. The molecule has 2 N–H and O–H groups in total. The highest BCUT2D eigenvalue weighted by Gasteiger charge is 2.13. The molecular formula is C17H14O2. The molecule has 0 heterocycles. The van der Waals surface area contributed by atoms with Crippen LogP contribution in [0.1, 0.15) is 5.56 Å². The Morgan fingerprint density at radius 1 is 0.684 bits per heavy atom. The maximum Gasteiger partial charge on any atom is 0.127 e. The second-order valence-corrected chi connectivity index (χ2v) is 4.65. The van der Waals surface area contributed by atoms with Crippen LogP contribution >= 0.6 is 0 Å². The van der Waals surface area contributed by atoms with Crippen molar-refractivity contribution >= 4 is 10.8 Å². The summed E-state index contributed by atoms with van der Waals surface area (Å²) in [4.78, 5) is 0. The topological polar surface area (TPSA) is 40.5 Å². The van der Waals surface area contributed by atoms with E-state index in [4.69, 9.17) is 0 Å². The Bertz CT molecular complexity index is 740. The molecule has 0 spiro atoms. The highest BCUT2D eigenvalue weighted by atomic mass is 16.3. The average Bonchev–Trinajstić information content (AvgIpc) is 2.41. The minimum absolute atomic E-state index is 0.0917. The van der Waals surface area contributed by atoms with E-state index in [0.29, 0.717) is 5.56 Å². The summed E-state index contributed by atoms with van der Waals surface area (Å²) in [5.74, 6) is 0.183. The van der Waals surface area contributed by atoms with Crippen molar-refractivity contribution in [3.63, 3.8) is 0 Å². The Hall–Kier alpha value is -2.48. The molecule has 19 heavy (non-hydrogen) atoms. The number of phenols is 2. The van der Waals surface area contributed by atoms with Crippen LogP contribution in [0, 0.1) is 6.92 Å². The fourth-order valence-corrected chi connectivity index (χ4v) is 2.47. The molecule has 2 heteroatoms. The number of rotatable bonds is 1. The number of phenolic OH excluding ortho intramolecular Hbond substituents is 2. The van der Waals surface area contributed by atoms with Crippen LogP contribution in [0.2, 0.25) is 0 Å². The molecule has 0 unspecified atom stereocenters. The molecule has 94 valence electrons. The van der Waals surface area contributed by atoms with E-state index < -0.39 is 0 Å². The number of hydrogen-bond acceptors (Lipinski definition) is 2. The lowest BCUT2D eigenvalue weighted by atomic mass is 9.94. The van der Waals surface area contributed by atoms with Crippen molar-refractivity contribution in [2.24, 2.45) is 0 Å². The zero-order chi connectivity index (χ0) is 13.4. The summed E-state index contributed by atoms with van der Waals surface area (Å²) >= 11 is 0. The highest BCUT2D eigenvalue weighted by molar-refractivity contribution is 6.00. The summed E-state index contributed by atoms with van der Waals surface area (Å²) in [5.41, 5.74) is 2.50. The van der Waals surface area contributed by atoms with Gasteiger partial charge in [-0.3, -0.25) is 0 Å². The molecule has 0 amide bonds. The van der Waals surface area contributed by atoms with Crippen molar-refractivity contribution < 1.29 is 10.2 Å². The van der Waals surface area contributed by atoms with Crippen LogP contribution in [0.3, 0.4) is 0 Å². The first kappa shape index (κ1) is 11.6. The molecule has 0 radical (unpaired) electrons. The Morgan fingerprint density at radius 3 is 2.00 bits per heavy atom. The van der Waals surface area contributed by atoms with Crippen LogP contribution in [0.15, 0.2) is 54.6 Å². The number of benzene rings is 3. The van der Waals surface area contributed by atoms with Crippen molar-refractivity contribution in [1.29, 1.82) is 0 Å². The Balaban J connectivity index is 2.41. The predicted octanol–water partition coefficient (Wildman–Crippen LogP) is 4.23. The summed E-state index contributed by atoms with van der Waals surface area (Å²) < 4.78 is 0. The van der Waals surface area contributed by atoms with Gasteiger partial charge in [0, 0.05) is 0 Å². The molecule has 0 saturated carbocycles. The Morgan fingerprint density at radius 2 is 1.32 bits per heavy atom.